The van der Waals surface area contributed by atoms with Crippen molar-refractivity contribution in [2.24, 2.45) is 0 Å². The van der Waals surface area contributed by atoms with E-state index < -0.39 is 0 Å². The van der Waals surface area contributed by atoms with Crippen LogP contribution in [0.2, 0.25) is 5.02 Å². The van der Waals surface area contributed by atoms with Gasteiger partial charge in [-0.1, -0.05) is 72.3 Å². The van der Waals surface area contributed by atoms with E-state index in [1.54, 1.807) is 12.1 Å². The zero-order valence-electron chi connectivity index (χ0n) is 17.0. The predicted molar refractivity (Wildman–Crippen MR) is 117 cm³/mol. The number of hydrogen-bond donors (Lipinski definition) is 1. The van der Waals surface area contributed by atoms with Gasteiger partial charge >= 0.3 is 29.6 Å². The Morgan fingerprint density at radius 2 is 1.38 bits per heavy atom. The number of aliphatic hydroxyl groups is 1. The molecule has 0 aromatic heterocycles. The number of ether oxygens (including phenoxy) is 1. The molecule has 5 nitrogen and oxygen atoms in total. The fourth-order valence-corrected chi connectivity index (χ4v) is 3.16. The maximum atomic E-state index is 9.19. The van der Waals surface area contributed by atoms with E-state index in [1.807, 2.05) is 36.4 Å². The van der Waals surface area contributed by atoms with Crippen LogP contribution in [0, 0.1) is 5.39 Å². The van der Waals surface area contributed by atoms with Crippen LogP contribution in [-0.2, 0) is 13.1 Å². The van der Waals surface area contributed by atoms with Crippen LogP contribution in [0.3, 0.4) is 0 Å². The summed E-state index contributed by atoms with van der Waals surface area (Å²) in [5.41, 5.74) is 3.26. The Morgan fingerprint density at radius 3 is 1.81 bits per heavy atom. The molecule has 0 radical (unpaired) electrons. The normalized spacial score (nSPS) is 9.03. The SMILES string of the molecule is N#[N+]c1cc(OCCO)c(N(Cc2ccccc2)Cc2ccccc2)cc1Cl.[Cl-].[Cl-].[Cl-].[Sn+4]. The van der Waals surface area contributed by atoms with Gasteiger partial charge in [-0.2, -0.15) is 0 Å². The third kappa shape index (κ3) is 9.22. The van der Waals surface area contributed by atoms with Gasteiger partial charge in [-0.25, -0.2) is 0 Å². The first-order chi connectivity index (χ1) is 13.7. The fourth-order valence-electron chi connectivity index (χ4n) is 2.96. The minimum Gasteiger partial charge on any atom is -1.00 e. The third-order valence-corrected chi connectivity index (χ3v) is 4.56. The number of hydrogen-bond acceptors (Lipinski definition) is 4. The molecule has 0 amide bonds. The van der Waals surface area contributed by atoms with Crippen molar-refractivity contribution in [2.75, 3.05) is 18.1 Å². The van der Waals surface area contributed by atoms with Crippen LogP contribution in [0.4, 0.5) is 11.4 Å². The average molecular weight is 620 g/mol. The molecule has 0 saturated heterocycles. The van der Waals surface area contributed by atoms with Gasteiger partial charge < -0.3 is 52.0 Å². The second-order valence-electron chi connectivity index (χ2n) is 6.27. The van der Waals surface area contributed by atoms with Crippen LogP contribution in [0.15, 0.2) is 72.8 Å². The standard InChI is InChI=1S/C22H21ClN3O2.3ClH.Sn/c23-19-13-21(22(28-12-11-27)14-20(19)25-24)26(15-17-7-3-1-4-8-17)16-18-9-5-2-6-10-18;;;;/h1-10,13-14,27H,11-12,15-16H2;3*1H;/q+1;;;;+4/p-3. The fraction of sp³-hybridized carbons (Fsp3) is 0.182. The van der Waals surface area contributed by atoms with Gasteiger partial charge in [0, 0.05) is 13.1 Å². The van der Waals surface area contributed by atoms with Crippen LogP contribution >= 0.6 is 11.6 Å². The number of rotatable bonds is 8. The molecule has 3 aromatic rings. The molecule has 0 saturated carbocycles. The molecular weight excluding hydrogens is 599 g/mol. The van der Waals surface area contributed by atoms with Gasteiger partial charge in [0.2, 0.25) is 5.39 Å². The third-order valence-electron chi connectivity index (χ3n) is 4.26. The summed E-state index contributed by atoms with van der Waals surface area (Å²) in [6, 6.07) is 23.5. The van der Waals surface area contributed by atoms with Gasteiger partial charge in [-0.3, -0.25) is 0 Å². The Hall–Kier alpha value is -1.40. The van der Waals surface area contributed by atoms with Crippen molar-refractivity contribution in [3.63, 3.8) is 0 Å². The van der Waals surface area contributed by atoms with Gasteiger partial charge in [0.25, 0.3) is 0 Å². The summed E-state index contributed by atoms with van der Waals surface area (Å²) in [7, 11) is 0. The summed E-state index contributed by atoms with van der Waals surface area (Å²) < 4.78 is 5.72. The molecule has 1 N–H and O–H groups in total. The molecule has 0 fully saturated rings. The van der Waals surface area contributed by atoms with E-state index in [4.69, 9.17) is 16.3 Å². The Bertz CT molecular complexity index is 919. The molecule has 0 spiro atoms. The van der Waals surface area contributed by atoms with Crippen LogP contribution in [0.5, 0.6) is 5.75 Å². The zero-order chi connectivity index (χ0) is 19.8. The molecule has 0 atom stereocenters. The van der Waals surface area contributed by atoms with Crippen molar-refractivity contribution in [3.8, 4) is 5.75 Å². The summed E-state index contributed by atoms with van der Waals surface area (Å²) in [6.45, 7) is 1.28. The van der Waals surface area contributed by atoms with Crippen LogP contribution in [0.25, 0.3) is 4.98 Å². The van der Waals surface area contributed by atoms with Gasteiger partial charge in [-0.15, -0.1) is 0 Å². The quantitative estimate of drug-likeness (QED) is 0.207. The van der Waals surface area contributed by atoms with E-state index >= 15 is 0 Å². The zero-order valence-corrected chi connectivity index (χ0v) is 22.8. The van der Waals surface area contributed by atoms with Gasteiger partial charge in [0.05, 0.1) is 18.4 Å². The Morgan fingerprint density at radius 1 is 0.875 bits per heavy atom. The van der Waals surface area contributed by atoms with Crippen molar-refractivity contribution in [2.45, 2.75) is 13.1 Å². The minimum absolute atomic E-state index is 0. The van der Waals surface area contributed by atoms with Crippen molar-refractivity contribution >= 4 is 46.9 Å². The Kier molecular flexibility index (Phi) is 17.5. The number of anilines is 1. The monoisotopic (exact) mass is 619 g/mol. The van der Waals surface area contributed by atoms with Gasteiger partial charge in [0.1, 0.15) is 11.6 Å². The molecular formula is C22H21Cl4N3O2Sn+2. The van der Waals surface area contributed by atoms with Crippen molar-refractivity contribution in [3.05, 3.63) is 93.9 Å². The maximum absolute atomic E-state index is 9.19. The van der Waals surface area contributed by atoms with Crippen molar-refractivity contribution in [1.82, 2.24) is 0 Å². The minimum atomic E-state index is -0.120. The summed E-state index contributed by atoms with van der Waals surface area (Å²) in [6.07, 6.45) is 0. The molecule has 0 aliphatic rings. The predicted octanol–water partition coefficient (Wildman–Crippen LogP) is -3.97. The molecule has 0 aliphatic heterocycles. The van der Waals surface area contributed by atoms with Crippen LogP contribution in [0.1, 0.15) is 11.1 Å². The molecule has 0 unspecified atom stereocenters. The van der Waals surface area contributed by atoms with Gasteiger partial charge in [0.15, 0.2) is 10.7 Å². The first-order valence-corrected chi connectivity index (χ1v) is 9.34. The van der Waals surface area contributed by atoms with E-state index in [2.05, 4.69) is 34.1 Å². The first-order valence-electron chi connectivity index (χ1n) is 8.96. The van der Waals surface area contributed by atoms with Gasteiger partial charge in [-0.05, 0) is 17.2 Å². The summed E-state index contributed by atoms with van der Waals surface area (Å²) >= 11 is 6.30. The van der Waals surface area contributed by atoms with E-state index in [-0.39, 0.29) is 80.0 Å². The molecule has 3 rings (SSSR count). The summed E-state index contributed by atoms with van der Waals surface area (Å²) in [5.74, 6) is 0.498. The molecule has 0 bridgehead atoms. The van der Waals surface area contributed by atoms with E-state index in [9.17, 15) is 10.5 Å². The van der Waals surface area contributed by atoms with E-state index in [1.165, 1.54) is 0 Å². The van der Waals surface area contributed by atoms with Crippen molar-refractivity contribution in [1.29, 1.82) is 5.39 Å². The van der Waals surface area contributed by atoms with E-state index in [0.29, 0.717) is 23.9 Å². The largest absolute Gasteiger partial charge is 4.00 e. The van der Waals surface area contributed by atoms with Crippen LogP contribution < -0.4 is 46.9 Å². The summed E-state index contributed by atoms with van der Waals surface area (Å²) in [5, 5.41) is 18.7. The number of halogens is 4. The molecule has 3 aromatic carbocycles. The molecule has 32 heavy (non-hydrogen) atoms. The maximum Gasteiger partial charge on any atom is 4.00 e. The van der Waals surface area contributed by atoms with E-state index in [0.717, 1.165) is 16.8 Å². The second-order valence-corrected chi connectivity index (χ2v) is 6.68. The van der Waals surface area contributed by atoms with Crippen LogP contribution in [-0.4, -0.2) is 42.2 Å². The average Bonchev–Trinajstić information content (AvgIpc) is 2.73. The number of aliphatic hydroxyl groups excluding tert-OH is 1. The number of nitrogens with zero attached hydrogens (tertiary/aromatic N) is 3. The molecule has 10 heteroatoms. The second kappa shape index (κ2) is 17.1. The number of diazo groups is 1. The number of benzene rings is 3. The Labute approximate surface area is 228 Å². The summed E-state index contributed by atoms with van der Waals surface area (Å²) in [4.78, 5) is 5.36. The Balaban J connectivity index is 0. The topological polar surface area (TPSA) is 60.9 Å². The smallest absolute Gasteiger partial charge is 1.00 e. The first kappa shape index (κ1) is 32.8. The molecule has 0 heterocycles. The molecule has 166 valence electrons. The van der Waals surface area contributed by atoms with Crippen molar-refractivity contribution < 1.29 is 47.1 Å². The molecule has 0 aliphatic carbocycles.